The fourth-order valence-corrected chi connectivity index (χ4v) is 4.56. The fourth-order valence-electron chi connectivity index (χ4n) is 4.28. The molecule has 0 aromatic heterocycles. The predicted molar refractivity (Wildman–Crippen MR) is 126 cm³/mol. The lowest BCUT2D eigenvalue weighted by Crippen LogP contribution is -2.49. The summed E-state index contributed by atoms with van der Waals surface area (Å²) in [5.74, 6) is -0.173. The van der Waals surface area contributed by atoms with E-state index in [9.17, 15) is 9.59 Å². The first-order chi connectivity index (χ1) is 15.0. The number of carbonyl (C=O) groups is 2. The van der Waals surface area contributed by atoms with Gasteiger partial charge in [0.25, 0.3) is 0 Å². The van der Waals surface area contributed by atoms with E-state index in [1.807, 2.05) is 42.5 Å². The van der Waals surface area contributed by atoms with Crippen molar-refractivity contribution < 1.29 is 9.59 Å². The number of carbonyl (C=O) groups excluding carboxylic acids is 2. The SMILES string of the molecule is C[C@@H]1CCCC[C@H]1NC(=O)[C@H](c1ccc(Cl)cc1)N(CCc1ccccc1)C(=O)CCl. The van der Waals surface area contributed by atoms with Crippen LogP contribution in [0.4, 0.5) is 0 Å². The van der Waals surface area contributed by atoms with Gasteiger partial charge in [-0.25, -0.2) is 0 Å². The number of halogens is 2. The molecule has 3 atom stereocenters. The molecule has 31 heavy (non-hydrogen) atoms. The van der Waals surface area contributed by atoms with E-state index in [4.69, 9.17) is 23.2 Å². The second-order valence-electron chi connectivity index (χ2n) is 8.29. The van der Waals surface area contributed by atoms with E-state index in [1.165, 1.54) is 6.42 Å². The standard InChI is InChI=1S/C25H30Cl2N2O2/c1-18-7-5-6-10-22(18)28-25(31)24(20-11-13-21(27)14-12-20)29(23(30)17-26)16-15-19-8-3-2-4-9-19/h2-4,8-9,11-14,18,22,24H,5-7,10,15-17H2,1H3,(H,28,31)/t18-,22-,24+/m1/s1. The summed E-state index contributed by atoms with van der Waals surface area (Å²) in [5.41, 5.74) is 1.84. The Morgan fingerprint density at radius 1 is 1.06 bits per heavy atom. The van der Waals surface area contributed by atoms with E-state index >= 15 is 0 Å². The summed E-state index contributed by atoms with van der Waals surface area (Å²) in [4.78, 5) is 28.0. The Morgan fingerprint density at radius 2 is 1.74 bits per heavy atom. The molecule has 1 saturated carbocycles. The minimum Gasteiger partial charge on any atom is -0.351 e. The number of hydrogen-bond donors (Lipinski definition) is 1. The van der Waals surface area contributed by atoms with Gasteiger partial charge in [0.05, 0.1) is 0 Å². The van der Waals surface area contributed by atoms with E-state index in [-0.39, 0.29) is 23.7 Å². The van der Waals surface area contributed by atoms with Crippen LogP contribution >= 0.6 is 23.2 Å². The molecule has 0 radical (unpaired) electrons. The summed E-state index contributed by atoms with van der Waals surface area (Å²) in [6.07, 6.45) is 5.02. The van der Waals surface area contributed by atoms with E-state index in [0.717, 1.165) is 30.4 Å². The number of rotatable bonds is 8. The molecule has 3 rings (SSSR count). The van der Waals surface area contributed by atoms with Gasteiger partial charge in [-0.1, -0.05) is 73.8 Å². The first kappa shape index (κ1) is 23.6. The molecule has 2 aromatic carbocycles. The first-order valence-corrected chi connectivity index (χ1v) is 11.9. The van der Waals surface area contributed by atoms with E-state index in [2.05, 4.69) is 12.2 Å². The van der Waals surface area contributed by atoms with Crippen LogP contribution in [0, 0.1) is 5.92 Å². The molecule has 6 heteroatoms. The molecule has 4 nitrogen and oxygen atoms in total. The van der Waals surface area contributed by atoms with Gasteiger partial charge in [-0.05, 0) is 48.4 Å². The molecule has 0 spiro atoms. The third-order valence-corrected chi connectivity index (χ3v) is 6.58. The number of hydrogen-bond acceptors (Lipinski definition) is 2. The van der Waals surface area contributed by atoms with Gasteiger partial charge in [-0.3, -0.25) is 9.59 Å². The number of alkyl halides is 1. The monoisotopic (exact) mass is 460 g/mol. The lowest BCUT2D eigenvalue weighted by atomic mass is 9.85. The zero-order valence-electron chi connectivity index (χ0n) is 17.9. The molecule has 0 saturated heterocycles. The summed E-state index contributed by atoms with van der Waals surface area (Å²) in [6, 6.07) is 16.4. The zero-order chi connectivity index (χ0) is 22.2. The van der Waals surface area contributed by atoms with Crippen LogP contribution in [-0.2, 0) is 16.0 Å². The minimum absolute atomic E-state index is 0.123. The van der Waals surface area contributed by atoms with Crippen LogP contribution in [0.15, 0.2) is 54.6 Å². The van der Waals surface area contributed by atoms with E-state index < -0.39 is 6.04 Å². The topological polar surface area (TPSA) is 49.4 Å². The van der Waals surface area contributed by atoms with Gasteiger partial charge in [0.2, 0.25) is 11.8 Å². The highest BCUT2D eigenvalue weighted by Crippen LogP contribution is 2.28. The lowest BCUT2D eigenvalue weighted by Gasteiger charge is -2.35. The average molecular weight is 461 g/mol. The van der Waals surface area contributed by atoms with Gasteiger partial charge in [-0.2, -0.15) is 0 Å². The molecular formula is C25H30Cl2N2O2. The van der Waals surface area contributed by atoms with Crippen molar-refractivity contribution in [1.82, 2.24) is 10.2 Å². The molecule has 0 heterocycles. The number of amides is 2. The van der Waals surface area contributed by atoms with Crippen LogP contribution in [0.3, 0.4) is 0 Å². The molecule has 0 aliphatic heterocycles. The molecule has 1 aliphatic rings. The van der Waals surface area contributed by atoms with Crippen LogP contribution in [0.2, 0.25) is 5.02 Å². The van der Waals surface area contributed by atoms with Crippen LogP contribution in [-0.4, -0.2) is 35.2 Å². The second kappa shape index (κ2) is 11.5. The molecule has 0 unspecified atom stereocenters. The summed E-state index contributed by atoms with van der Waals surface area (Å²) < 4.78 is 0. The maximum absolute atomic E-state index is 13.5. The minimum atomic E-state index is -0.749. The molecule has 2 amide bonds. The normalized spacial score (nSPS) is 19.5. The molecule has 166 valence electrons. The Balaban J connectivity index is 1.87. The van der Waals surface area contributed by atoms with Gasteiger partial charge in [-0.15, -0.1) is 11.6 Å². The maximum atomic E-state index is 13.5. The number of benzene rings is 2. The Kier molecular flexibility index (Phi) is 8.79. The average Bonchev–Trinajstić information content (AvgIpc) is 2.79. The highest BCUT2D eigenvalue weighted by Gasteiger charge is 2.33. The lowest BCUT2D eigenvalue weighted by molar-refractivity contribution is -0.139. The molecule has 2 aromatic rings. The van der Waals surface area contributed by atoms with Gasteiger partial charge in [0, 0.05) is 17.6 Å². The van der Waals surface area contributed by atoms with Crippen molar-refractivity contribution in [3.05, 3.63) is 70.7 Å². The van der Waals surface area contributed by atoms with Crippen molar-refractivity contribution in [2.24, 2.45) is 5.92 Å². The van der Waals surface area contributed by atoms with Crippen molar-refractivity contribution in [2.75, 3.05) is 12.4 Å². The number of nitrogens with zero attached hydrogens (tertiary/aromatic N) is 1. The smallest absolute Gasteiger partial charge is 0.247 e. The van der Waals surface area contributed by atoms with Crippen molar-refractivity contribution in [2.45, 2.75) is 51.1 Å². The first-order valence-electron chi connectivity index (χ1n) is 10.9. The third kappa shape index (κ3) is 6.47. The van der Waals surface area contributed by atoms with Gasteiger partial charge < -0.3 is 10.2 Å². The Bertz CT molecular complexity index is 858. The van der Waals surface area contributed by atoms with Crippen molar-refractivity contribution in [3.8, 4) is 0 Å². The van der Waals surface area contributed by atoms with Gasteiger partial charge in [0.15, 0.2) is 0 Å². The van der Waals surface area contributed by atoms with Crippen LogP contribution < -0.4 is 5.32 Å². The summed E-state index contributed by atoms with van der Waals surface area (Å²) in [6.45, 7) is 2.58. The fraction of sp³-hybridized carbons (Fsp3) is 0.440. The molecular weight excluding hydrogens is 431 g/mol. The van der Waals surface area contributed by atoms with Gasteiger partial charge >= 0.3 is 0 Å². The van der Waals surface area contributed by atoms with E-state index in [1.54, 1.807) is 17.0 Å². The van der Waals surface area contributed by atoms with Crippen molar-refractivity contribution in [1.29, 1.82) is 0 Å². The quantitative estimate of drug-likeness (QED) is 0.537. The zero-order valence-corrected chi connectivity index (χ0v) is 19.4. The Labute approximate surface area is 194 Å². The van der Waals surface area contributed by atoms with Crippen molar-refractivity contribution >= 4 is 35.0 Å². The Hall–Kier alpha value is -2.04. The predicted octanol–water partition coefficient (Wildman–Crippen LogP) is 5.39. The molecule has 1 N–H and O–H groups in total. The Morgan fingerprint density at radius 3 is 2.39 bits per heavy atom. The second-order valence-corrected chi connectivity index (χ2v) is 8.99. The largest absolute Gasteiger partial charge is 0.351 e. The van der Waals surface area contributed by atoms with Crippen LogP contribution in [0.25, 0.3) is 0 Å². The summed E-state index contributed by atoms with van der Waals surface area (Å²) >= 11 is 12.0. The molecule has 0 bridgehead atoms. The van der Waals surface area contributed by atoms with Crippen molar-refractivity contribution in [3.63, 3.8) is 0 Å². The third-order valence-electron chi connectivity index (χ3n) is 6.10. The maximum Gasteiger partial charge on any atom is 0.247 e. The molecule has 1 aliphatic carbocycles. The van der Waals surface area contributed by atoms with Crippen LogP contribution in [0.5, 0.6) is 0 Å². The number of nitrogens with one attached hydrogen (secondary N) is 1. The molecule has 1 fully saturated rings. The van der Waals surface area contributed by atoms with Crippen LogP contribution in [0.1, 0.15) is 49.8 Å². The van der Waals surface area contributed by atoms with Gasteiger partial charge in [0.1, 0.15) is 11.9 Å². The summed E-state index contributed by atoms with van der Waals surface area (Å²) in [5, 5.41) is 3.82. The highest BCUT2D eigenvalue weighted by molar-refractivity contribution is 6.30. The highest BCUT2D eigenvalue weighted by atomic mass is 35.5. The summed E-state index contributed by atoms with van der Waals surface area (Å²) in [7, 11) is 0. The van der Waals surface area contributed by atoms with E-state index in [0.29, 0.717) is 23.9 Å².